The summed E-state index contributed by atoms with van der Waals surface area (Å²) in [5.41, 5.74) is 7.92. The molecule has 0 aliphatic heterocycles. The zero-order valence-corrected chi connectivity index (χ0v) is 22.7. The van der Waals surface area contributed by atoms with Crippen LogP contribution < -0.4 is 26.2 Å². The molecule has 9 heteroatoms. The van der Waals surface area contributed by atoms with Crippen LogP contribution in [0.25, 0.3) is 0 Å². The molecule has 0 fully saturated rings. The number of amides is 3. The maximum absolute atomic E-state index is 12.6. The number of nitrogens with one attached hydrogen (secondary N) is 4. The number of ether oxygens (including phenoxy) is 1. The van der Waals surface area contributed by atoms with Gasteiger partial charge in [-0.15, -0.1) is 0 Å². The summed E-state index contributed by atoms with van der Waals surface area (Å²) in [5, 5.41) is 5.26. The Hall–Kier alpha value is -4.24. The molecule has 3 rings (SSSR count). The summed E-state index contributed by atoms with van der Waals surface area (Å²) in [6.45, 7) is 8.95. The summed E-state index contributed by atoms with van der Waals surface area (Å²) in [5.74, 6) is -0.452. The second-order valence-electron chi connectivity index (χ2n) is 9.59. The molecule has 0 spiro atoms. The quantitative estimate of drug-likeness (QED) is 0.253. The molecule has 0 bridgehead atoms. The molecule has 3 amide bonds. The first-order chi connectivity index (χ1) is 18.1. The molecular formula is C29H32N4O4S. The van der Waals surface area contributed by atoms with Crippen LogP contribution in [0.15, 0.2) is 72.8 Å². The molecule has 3 aromatic rings. The Labute approximate surface area is 228 Å². The van der Waals surface area contributed by atoms with Gasteiger partial charge in [0.2, 0.25) is 0 Å². The third kappa shape index (κ3) is 8.14. The van der Waals surface area contributed by atoms with Gasteiger partial charge in [0.25, 0.3) is 17.7 Å². The van der Waals surface area contributed by atoms with Gasteiger partial charge >= 0.3 is 0 Å². The van der Waals surface area contributed by atoms with E-state index >= 15 is 0 Å². The fourth-order valence-electron chi connectivity index (χ4n) is 3.34. The van der Waals surface area contributed by atoms with Crippen molar-refractivity contribution in [3.8, 4) is 5.75 Å². The molecule has 0 aliphatic rings. The van der Waals surface area contributed by atoms with Gasteiger partial charge in [-0.05, 0) is 90.3 Å². The molecule has 0 aliphatic carbocycles. The SMILES string of the molecule is CCCOc1ccc(C(=O)NC(=S)NNC(=O)c2ccc(NC(=O)c3ccc(C(C)(C)C)cc3)cc2)cc1. The normalized spacial score (nSPS) is 10.7. The minimum absolute atomic E-state index is 0.00540. The van der Waals surface area contributed by atoms with E-state index in [2.05, 4.69) is 42.3 Å². The molecule has 4 N–H and O–H groups in total. The van der Waals surface area contributed by atoms with Gasteiger partial charge in [-0.2, -0.15) is 0 Å². The molecule has 8 nitrogen and oxygen atoms in total. The van der Waals surface area contributed by atoms with Gasteiger partial charge in [-0.1, -0.05) is 39.8 Å². The van der Waals surface area contributed by atoms with Crippen LogP contribution in [0.4, 0.5) is 5.69 Å². The van der Waals surface area contributed by atoms with Crippen LogP contribution >= 0.6 is 12.2 Å². The Morgan fingerprint density at radius 2 is 1.26 bits per heavy atom. The van der Waals surface area contributed by atoms with Gasteiger partial charge in [0.05, 0.1) is 6.61 Å². The van der Waals surface area contributed by atoms with Crippen LogP contribution in [0, 0.1) is 0 Å². The van der Waals surface area contributed by atoms with Crippen molar-refractivity contribution >= 4 is 40.7 Å². The van der Waals surface area contributed by atoms with E-state index in [1.54, 1.807) is 60.7 Å². The first-order valence-corrected chi connectivity index (χ1v) is 12.6. The Morgan fingerprint density at radius 3 is 1.84 bits per heavy atom. The van der Waals surface area contributed by atoms with Crippen molar-refractivity contribution in [2.24, 2.45) is 0 Å². The van der Waals surface area contributed by atoms with Crippen molar-refractivity contribution in [3.05, 3.63) is 95.1 Å². The largest absolute Gasteiger partial charge is 0.494 e. The van der Waals surface area contributed by atoms with E-state index in [1.165, 1.54) is 0 Å². The third-order valence-corrected chi connectivity index (χ3v) is 5.73. The lowest BCUT2D eigenvalue weighted by Crippen LogP contribution is -2.48. The number of hydrazine groups is 1. The van der Waals surface area contributed by atoms with Gasteiger partial charge in [0.1, 0.15) is 5.75 Å². The number of thiocarbonyl (C=S) groups is 1. The van der Waals surface area contributed by atoms with Crippen molar-refractivity contribution < 1.29 is 19.1 Å². The van der Waals surface area contributed by atoms with Crippen molar-refractivity contribution in [2.75, 3.05) is 11.9 Å². The van der Waals surface area contributed by atoms with E-state index < -0.39 is 11.8 Å². The average Bonchev–Trinajstić information content (AvgIpc) is 2.90. The summed E-state index contributed by atoms with van der Waals surface area (Å²) in [6, 6.07) is 20.5. The van der Waals surface area contributed by atoms with Crippen LogP contribution in [-0.2, 0) is 5.41 Å². The lowest BCUT2D eigenvalue weighted by atomic mass is 9.87. The van der Waals surface area contributed by atoms with Crippen LogP contribution in [-0.4, -0.2) is 29.4 Å². The number of anilines is 1. The summed E-state index contributed by atoms with van der Waals surface area (Å²) in [4.78, 5) is 37.4. The van der Waals surface area contributed by atoms with E-state index in [-0.39, 0.29) is 16.4 Å². The minimum Gasteiger partial charge on any atom is -0.494 e. The average molecular weight is 533 g/mol. The molecule has 198 valence electrons. The highest BCUT2D eigenvalue weighted by molar-refractivity contribution is 7.80. The first-order valence-electron chi connectivity index (χ1n) is 12.2. The number of carbonyl (C=O) groups excluding carboxylic acids is 3. The highest BCUT2D eigenvalue weighted by Crippen LogP contribution is 2.22. The molecule has 0 radical (unpaired) electrons. The van der Waals surface area contributed by atoms with Gasteiger partial charge in [0.15, 0.2) is 5.11 Å². The van der Waals surface area contributed by atoms with Crippen LogP contribution in [0.5, 0.6) is 5.75 Å². The highest BCUT2D eigenvalue weighted by Gasteiger charge is 2.15. The number of hydrogen-bond acceptors (Lipinski definition) is 5. The van der Waals surface area contributed by atoms with E-state index in [4.69, 9.17) is 17.0 Å². The lowest BCUT2D eigenvalue weighted by Gasteiger charge is -2.19. The molecule has 3 aromatic carbocycles. The fourth-order valence-corrected chi connectivity index (χ4v) is 3.49. The standard InChI is InChI=1S/C29H32N4O4S/c1-5-18-37-24-16-10-20(11-17-24)26(35)31-28(38)33-32-27(36)21-8-14-23(15-9-21)30-25(34)19-6-12-22(13-7-19)29(2,3)4/h6-17H,5,18H2,1-4H3,(H,30,34)(H,32,36)(H2,31,33,35,38). The van der Waals surface area contributed by atoms with Crippen LogP contribution in [0.2, 0.25) is 0 Å². The second kappa shape index (κ2) is 12.8. The first kappa shape index (κ1) is 28.3. The van der Waals surface area contributed by atoms with Gasteiger partial charge < -0.3 is 10.1 Å². The molecule has 0 atom stereocenters. The number of benzene rings is 3. The van der Waals surface area contributed by atoms with Gasteiger partial charge in [0, 0.05) is 22.4 Å². The van der Waals surface area contributed by atoms with Crippen molar-refractivity contribution in [1.29, 1.82) is 0 Å². The van der Waals surface area contributed by atoms with E-state index in [0.717, 1.165) is 12.0 Å². The molecule has 0 aromatic heterocycles. The number of hydrogen-bond donors (Lipinski definition) is 4. The lowest BCUT2D eigenvalue weighted by molar-refractivity contribution is 0.0934. The Bertz CT molecular complexity index is 1280. The molecule has 38 heavy (non-hydrogen) atoms. The Morgan fingerprint density at radius 1 is 0.737 bits per heavy atom. The van der Waals surface area contributed by atoms with Gasteiger partial charge in [-0.3, -0.25) is 30.6 Å². The zero-order chi connectivity index (χ0) is 27.7. The van der Waals surface area contributed by atoms with Crippen LogP contribution in [0.1, 0.15) is 70.8 Å². The topological polar surface area (TPSA) is 109 Å². The van der Waals surface area contributed by atoms with E-state index in [9.17, 15) is 14.4 Å². The second-order valence-corrected chi connectivity index (χ2v) is 10.0. The minimum atomic E-state index is -0.463. The summed E-state index contributed by atoms with van der Waals surface area (Å²) in [7, 11) is 0. The fraction of sp³-hybridized carbons (Fsp3) is 0.241. The predicted molar refractivity (Wildman–Crippen MR) is 152 cm³/mol. The maximum Gasteiger partial charge on any atom is 0.269 e. The molecule has 0 saturated heterocycles. The molecule has 0 unspecified atom stereocenters. The smallest absolute Gasteiger partial charge is 0.269 e. The third-order valence-electron chi connectivity index (χ3n) is 5.52. The Kier molecular flexibility index (Phi) is 9.56. The van der Waals surface area contributed by atoms with Crippen molar-refractivity contribution in [1.82, 2.24) is 16.2 Å². The van der Waals surface area contributed by atoms with E-state index in [0.29, 0.717) is 34.7 Å². The van der Waals surface area contributed by atoms with Crippen LogP contribution in [0.3, 0.4) is 0 Å². The summed E-state index contributed by atoms with van der Waals surface area (Å²) >= 11 is 5.09. The molecule has 0 saturated carbocycles. The summed E-state index contributed by atoms with van der Waals surface area (Å²) in [6.07, 6.45) is 0.890. The molecular weight excluding hydrogens is 500 g/mol. The Balaban J connectivity index is 1.47. The van der Waals surface area contributed by atoms with Crippen molar-refractivity contribution in [3.63, 3.8) is 0 Å². The zero-order valence-electron chi connectivity index (χ0n) is 21.9. The van der Waals surface area contributed by atoms with Gasteiger partial charge in [-0.25, -0.2) is 0 Å². The monoisotopic (exact) mass is 532 g/mol. The maximum atomic E-state index is 12.6. The predicted octanol–water partition coefficient (Wildman–Crippen LogP) is 4.97. The van der Waals surface area contributed by atoms with Crippen molar-refractivity contribution in [2.45, 2.75) is 39.5 Å². The van der Waals surface area contributed by atoms with E-state index in [1.807, 2.05) is 19.1 Å². The number of rotatable bonds is 7. The number of carbonyl (C=O) groups is 3. The summed E-state index contributed by atoms with van der Waals surface area (Å²) < 4.78 is 5.50. The molecule has 0 heterocycles. The highest BCUT2D eigenvalue weighted by atomic mass is 32.1.